The highest BCUT2D eigenvalue weighted by atomic mass is 32.1. The van der Waals surface area contributed by atoms with Crippen LogP contribution >= 0.6 is 11.3 Å². The van der Waals surface area contributed by atoms with E-state index >= 15 is 0 Å². The summed E-state index contributed by atoms with van der Waals surface area (Å²) in [6.45, 7) is 2.14. The molecule has 1 amide bonds. The minimum Gasteiger partial charge on any atom is -0.310 e. The van der Waals surface area contributed by atoms with Crippen molar-refractivity contribution in [2.75, 3.05) is 25.0 Å². The fourth-order valence-electron chi connectivity index (χ4n) is 4.64. The van der Waals surface area contributed by atoms with E-state index in [2.05, 4.69) is 32.3 Å². The Kier molecular flexibility index (Phi) is 5.48. The number of aromatic nitrogens is 2. The summed E-state index contributed by atoms with van der Waals surface area (Å²) in [5.74, 6) is 1.31. The topological polar surface area (TPSA) is 58.1 Å². The lowest BCUT2D eigenvalue weighted by molar-refractivity contribution is -0.121. The molecule has 5 nitrogen and oxygen atoms in total. The van der Waals surface area contributed by atoms with Gasteiger partial charge in [-0.15, -0.1) is 11.3 Å². The molecule has 5 rings (SSSR count). The van der Waals surface area contributed by atoms with E-state index in [0.717, 1.165) is 53.4 Å². The van der Waals surface area contributed by atoms with E-state index in [1.54, 1.807) is 17.5 Å². The fourth-order valence-corrected chi connectivity index (χ4v) is 5.26. The van der Waals surface area contributed by atoms with E-state index in [4.69, 9.17) is 0 Å². The number of pyridine rings is 1. The van der Waals surface area contributed by atoms with Crippen molar-refractivity contribution in [3.63, 3.8) is 0 Å². The van der Waals surface area contributed by atoms with Gasteiger partial charge in [0, 0.05) is 43.3 Å². The van der Waals surface area contributed by atoms with Gasteiger partial charge >= 0.3 is 0 Å². The summed E-state index contributed by atoms with van der Waals surface area (Å²) >= 11 is 1.61. The highest BCUT2D eigenvalue weighted by Crippen LogP contribution is 2.33. The Hall–Kier alpha value is -2.38. The standard InChI is InChI=1S/C23H25FN4OS/c24-19-12-28(13-19)11-15-1-3-16(4-2-15)23(29)27-22-20-6-5-18(21-10-25-14-30-21)9-17(20)7-8-26-22/h5-10,14-16,19H,1-4,11-13H2,(H,26,27,29)/t15-,16-. The number of hydrogen-bond donors (Lipinski definition) is 1. The second-order valence-corrected chi connectivity index (χ2v) is 9.37. The monoisotopic (exact) mass is 424 g/mol. The first-order chi connectivity index (χ1) is 14.7. The summed E-state index contributed by atoms with van der Waals surface area (Å²) in [5, 5.41) is 5.07. The maximum Gasteiger partial charge on any atom is 0.228 e. The van der Waals surface area contributed by atoms with Crippen LogP contribution < -0.4 is 5.32 Å². The molecule has 1 aromatic carbocycles. The van der Waals surface area contributed by atoms with E-state index in [-0.39, 0.29) is 11.8 Å². The number of anilines is 1. The number of nitrogens with one attached hydrogen (secondary N) is 1. The van der Waals surface area contributed by atoms with E-state index in [9.17, 15) is 9.18 Å². The molecule has 1 aliphatic heterocycles. The molecule has 7 heteroatoms. The summed E-state index contributed by atoms with van der Waals surface area (Å²) < 4.78 is 13.0. The molecule has 156 valence electrons. The Bertz CT molecular complexity index is 1030. The summed E-state index contributed by atoms with van der Waals surface area (Å²) in [6.07, 6.45) is 6.83. The number of fused-ring (bicyclic) bond motifs is 1. The smallest absolute Gasteiger partial charge is 0.228 e. The van der Waals surface area contributed by atoms with Gasteiger partial charge in [0.2, 0.25) is 5.91 Å². The van der Waals surface area contributed by atoms with Crippen molar-refractivity contribution in [2.24, 2.45) is 11.8 Å². The molecule has 3 heterocycles. The van der Waals surface area contributed by atoms with Crippen LogP contribution in [0.4, 0.5) is 10.2 Å². The third-order valence-electron chi connectivity index (χ3n) is 6.37. The van der Waals surface area contributed by atoms with Crippen LogP contribution in [0, 0.1) is 11.8 Å². The van der Waals surface area contributed by atoms with Crippen LogP contribution in [0.3, 0.4) is 0 Å². The zero-order chi connectivity index (χ0) is 20.5. The lowest BCUT2D eigenvalue weighted by Gasteiger charge is -2.38. The van der Waals surface area contributed by atoms with Crippen LogP contribution in [0.2, 0.25) is 0 Å². The molecule has 0 radical (unpaired) electrons. The maximum atomic E-state index is 13.0. The van der Waals surface area contributed by atoms with Gasteiger partial charge in [0.05, 0.1) is 10.4 Å². The summed E-state index contributed by atoms with van der Waals surface area (Å²) in [7, 11) is 0. The van der Waals surface area contributed by atoms with Gasteiger partial charge in [-0.1, -0.05) is 12.1 Å². The van der Waals surface area contributed by atoms with Gasteiger partial charge in [0.15, 0.2) is 0 Å². The van der Waals surface area contributed by atoms with Crippen molar-refractivity contribution in [2.45, 2.75) is 31.9 Å². The SMILES string of the molecule is O=C(Nc1nccc2cc(-c3cncs3)ccc12)[C@H]1CC[C@H](CN2CC(F)C2)CC1. The number of thiazole rings is 1. The molecular weight excluding hydrogens is 399 g/mol. The average Bonchev–Trinajstić information content (AvgIpc) is 3.28. The number of nitrogens with zero attached hydrogens (tertiary/aromatic N) is 3. The molecule has 2 aromatic heterocycles. The van der Waals surface area contributed by atoms with Crippen LogP contribution in [0.1, 0.15) is 25.7 Å². The molecule has 3 aromatic rings. The zero-order valence-electron chi connectivity index (χ0n) is 16.8. The molecular formula is C23H25FN4OS. The third-order valence-corrected chi connectivity index (χ3v) is 7.19. The molecule has 0 spiro atoms. The van der Waals surface area contributed by atoms with Gasteiger partial charge in [0.25, 0.3) is 0 Å². The number of carbonyl (C=O) groups excluding carboxylic acids is 1. The van der Waals surface area contributed by atoms with Crippen molar-refractivity contribution in [3.05, 3.63) is 42.2 Å². The minimum absolute atomic E-state index is 0.0279. The number of amides is 1. The molecule has 0 atom stereocenters. The van der Waals surface area contributed by atoms with Crippen LogP contribution in [0.15, 0.2) is 42.2 Å². The Morgan fingerprint density at radius 1 is 1.20 bits per heavy atom. The number of benzene rings is 1. The second kappa shape index (κ2) is 8.40. The van der Waals surface area contributed by atoms with E-state index in [1.165, 1.54) is 0 Å². The van der Waals surface area contributed by atoms with Gasteiger partial charge in [-0.2, -0.15) is 0 Å². The van der Waals surface area contributed by atoms with Gasteiger partial charge in [0.1, 0.15) is 12.0 Å². The lowest BCUT2D eigenvalue weighted by Crippen LogP contribution is -2.50. The Morgan fingerprint density at radius 3 is 2.77 bits per heavy atom. The zero-order valence-corrected chi connectivity index (χ0v) is 17.6. The quantitative estimate of drug-likeness (QED) is 0.642. The Balaban J connectivity index is 1.23. The predicted octanol–water partition coefficient (Wildman–Crippen LogP) is 4.76. The van der Waals surface area contributed by atoms with Gasteiger partial charge in [-0.3, -0.25) is 14.7 Å². The first-order valence-electron chi connectivity index (χ1n) is 10.6. The lowest BCUT2D eigenvalue weighted by atomic mass is 9.81. The van der Waals surface area contributed by atoms with E-state index in [0.29, 0.717) is 24.8 Å². The Labute approximate surface area is 179 Å². The van der Waals surface area contributed by atoms with Crippen molar-refractivity contribution in [1.29, 1.82) is 0 Å². The van der Waals surface area contributed by atoms with Crippen LogP contribution in [-0.2, 0) is 4.79 Å². The normalized spacial score (nSPS) is 22.7. The van der Waals surface area contributed by atoms with Crippen LogP contribution in [-0.4, -0.2) is 46.6 Å². The predicted molar refractivity (Wildman–Crippen MR) is 118 cm³/mol. The first-order valence-corrected chi connectivity index (χ1v) is 11.5. The molecule has 1 N–H and O–H groups in total. The average molecular weight is 425 g/mol. The Morgan fingerprint density at radius 2 is 2.03 bits per heavy atom. The first kappa shape index (κ1) is 19.6. The van der Waals surface area contributed by atoms with Crippen molar-refractivity contribution in [1.82, 2.24) is 14.9 Å². The summed E-state index contributed by atoms with van der Waals surface area (Å²) in [4.78, 5) is 24.8. The molecule has 1 aliphatic carbocycles. The highest BCUT2D eigenvalue weighted by molar-refractivity contribution is 7.13. The van der Waals surface area contributed by atoms with Crippen molar-refractivity contribution in [3.8, 4) is 10.4 Å². The van der Waals surface area contributed by atoms with Crippen molar-refractivity contribution < 1.29 is 9.18 Å². The molecule has 30 heavy (non-hydrogen) atoms. The van der Waals surface area contributed by atoms with Gasteiger partial charge in [-0.05, 0) is 54.7 Å². The van der Waals surface area contributed by atoms with Crippen LogP contribution in [0.25, 0.3) is 21.2 Å². The summed E-state index contributed by atoms with van der Waals surface area (Å²) in [6, 6.07) is 8.16. The largest absolute Gasteiger partial charge is 0.310 e. The molecule has 1 saturated carbocycles. The van der Waals surface area contributed by atoms with E-state index < -0.39 is 6.17 Å². The number of rotatable bonds is 5. The number of alkyl halides is 1. The summed E-state index contributed by atoms with van der Waals surface area (Å²) in [5.41, 5.74) is 2.95. The molecule has 0 unspecified atom stereocenters. The second-order valence-electron chi connectivity index (χ2n) is 8.48. The number of hydrogen-bond acceptors (Lipinski definition) is 5. The number of likely N-dealkylation sites (tertiary alicyclic amines) is 1. The molecule has 2 fully saturated rings. The number of halogens is 1. The number of carbonyl (C=O) groups is 1. The molecule has 1 saturated heterocycles. The maximum absolute atomic E-state index is 13.0. The van der Waals surface area contributed by atoms with Gasteiger partial charge in [-0.25, -0.2) is 9.37 Å². The molecule has 2 aliphatic rings. The third kappa shape index (κ3) is 4.09. The van der Waals surface area contributed by atoms with E-state index in [1.807, 2.05) is 23.8 Å². The fraction of sp³-hybridized carbons (Fsp3) is 0.435. The van der Waals surface area contributed by atoms with Crippen LogP contribution in [0.5, 0.6) is 0 Å². The highest BCUT2D eigenvalue weighted by Gasteiger charge is 2.31. The minimum atomic E-state index is -0.640. The van der Waals surface area contributed by atoms with Gasteiger partial charge < -0.3 is 5.32 Å². The molecule has 0 bridgehead atoms. The van der Waals surface area contributed by atoms with Crippen molar-refractivity contribution >= 4 is 33.8 Å².